The summed E-state index contributed by atoms with van der Waals surface area (Å²) >= 11 is 0. The minimum absolute atomic E-state index is 0.147. The summed E-state index contributed by atoms with van der Waals surface area (Å²) < 4.78 is 11.5. The van der Waals surface area contributed by atoms with Gasteiger partial charge in [-0.3, -0.25) is 9.59 Å². The van der Waals surface area contributed by atoms with Crippen molar-refractivity contribution in [1.82, 2.24) is 20.0 Å². The van der Waals surface area contributed by atoms with E-state index in [1.54, 1.807) is 41.4 Å². The summed E-state index contributed by atoms with van der Waals surface area (Å²) in [4.78, 5) is 30.7. The van der Waals surface area contributed by atoms with E-state index in [9.17, 15) is 9.59 Å². The van der Waals surface area contributed by atoms with Crippen molar-refractivity contribution in [2.45, 2.75) is 31.9 Å². The largest absolute Gasteiger partial charge is 0.480 e. The van der Waals surface area contributed by atoms with Crippen LogP contribution in [0.3, 0.4) is 0 Å². The van der Waals surface area contributed by atoms with Crippen LogP contribution in [0.5, 0.6) is 11.6 Å². The molecule has 31 heavy (non-hydrogen) atoms. The van der Waals surface area contributed by atoms with Gasteiger partial charge in [-0.15, -0.1) is 0 Å². The zero-order valence-electron chi connectivity index (χ0n) is 16.7. The fraction of sp³-hybridized carbons (Fsp3) is 0.381. The minimum Gasteiger partial charge on any atom is -0.480 e. The van der Waals surface area contributed by atoms with E-state index in [0.29, 0.717) is 53.8 Å². The highest BCUT2D eigenvalue weighted by molar-refractivity contribution is 6.00. The van der Waals surface area contributed by atoms with Crippen molar-refractivity contribution < 1.29 is 24.2 Å². The van der Waals surface area contributed by atoms with Gasteiger partial charge in [0, 0.05) is 24.7 Å². The van der Waals surface area contributed by atoms with Gasteiger partial charge in [-0.2, -0.15) is 15.0 Å². The first-order chi connectivity index (χ1) is 15.0. The number of pyridine rings is 1. The molecule has 0 spiro atoms. The van der Waals surface area contributed by atoms with Gasteiger partial charge in [-0.25, -0.2) is 4.98 Å². The number of aromatic nitrogens is 4. The van der Waals surface area contributed by atoms with Crippen LogP contribution in [0, 0.1) is 5.92 Å². The molecule has 0 radical (unpaired) electrons. The maximum absolute atomic E-state index is 12.9. The third-order valence-corrected chi connectivity index (χ3v) is 5.30. The van der Waals surface area contributed by atoms with Crippen LogP contribution >= 0.6 is 0 Å². The third kappa shape index (κ3) is 4.27. The van der Waals surface area contributed by atoms with E-state index >= 15 is 0 Å². The Hall–Kier alpha value is -3.69. The maximum atomic E-state index is 12.9. The summed E-state index contributed by atoms with van der Waals surface area (Å²) in [6.45, 7) is 0.882. The average Bonchev–Trinajstić information content (AvgIpc) is 3.40. The highest BCUT2D eigenvalue weighted by Crippen LogP contribution is 2.30. The van der Waals surface area contributed by atoms with Crippen LogP contribution < -0.4 is 14.4 Å². The minimum atomic E-state index is -1.02. The molecule has 0 bridgehead atoms. The van der Waals surface area contributed by atoms with Crippen LogP contribution in [0.4, 0.5) is 5.69 Å². The lowest BCUT2D eigenvalue weighted by atomic mass is 10.2. The Morgan fingerprint density at radius 2 is 1.97 bits per heavy atom. The number of carbonyl (C=O) groups is 2. The van der Waals surface area contributed by atoms with Crippen LogP contribution in [0.2, 0.25) is 0 Å². The van der Waals surface area contributed by atoms with Crippen LogP contribution in [0.15, 0.2) is 36.5 Å². The molecule has 1 amide bonds. The molecule has 1 saturated heterocycles. The maximum Gasteiger partial charge on any atom is 0.327 e. The smallest absolute Gasteiger partial charge is 0.327 e. The molecule has 3 aromatic rings. The summed E-state index contributed by atoms with van der Waals surface area (Å²) in [6.07, 6.45) is 3.95. The number of hydrogen-bond donors (Lipinski definition) is 1. The van der Waals surface area contributed by atoms with Gasteiger partial charge < -0.3 is 19.5 Å². The number of nitrogens with zero attached hydrogens (tertiary/aromatic N) is 5. The molecule has 2 fully saturated rings. The van der Waals surface area contributed by atoms with Crippen molar-refractivity contribution >= 4 is 28.6 Å². The number of fused-ring (bicyclic) bond motifs is 1. The first kappa shape index (κ1) is 19.3. The van der Waals surface area contributed by atoms with E-state index in [0.717, 1.165) is 4.80 Å². The molecule has 2 aromatic heterocycles. The van der Waals surface area contributed by atoms with Crippen LogP contribution in [-0.4, -0.2) is 56.2 Å². The highest BCUT2D eigenvalue weighted by atomic mass is 16.5. The van der Waals surface area contributed by atoms with E-state index in [2.05, 4.69) is 15.2 Å². The molecule has 10 heteroatoms. The van der Waals surface area contributed by atoms with Gasteiger partial charge in [0.2, 0.25) is 5.88 Å². The van der Waals surface area contributed by atoms with Crippen LogP contribution in [0.1, 0.15) is 19.3 Å². The molecule has 1 aliphatic carbocycles. The van der Waals surface area contributed by atoms with Gasteiger partial charge in [0.1, 0.15) is 16.8 Å². The summed E-state index contributed by atoms with van der Waals surface area (Å²) in [5.41, 5.74) is 1.77. The Morgan fingerprint density at radius 1 is 1.13 bits per heavy atom. The molecule has 1 unspecified atom stereocenters. The summed E-state index contributed by atoms with van der Waals surface area (Å²) in [5.74, 6) is 0.563. The lowest BCUT2D eigenvalue weighted by molar-refractivity contribution is -0.138. The molecule has 1 aromatic carbocycles. The predicted octanol–water partition coefficient (Wildman–Crippen LogP) is 1.88. The van der Waals surface area contributed by atoms with Gasteiger partial charge in [0.05, 0.1) is 12.8 Å². The number of carboxylic acid groups (broad SMARTS) is 1. The molecule has 2 aliphatic rings. The number of carboxylic acids is 1. The van der Waals surface area contributed by atoms with Crippen molar-refractivity contribution in [2.75, 3.05) is 18.1 Å². The number of benzene rings is 1. The number of anilines is 1. The van der Waals surface area contributed by atoms with Gasteiger partial charge in [-0.1, -0.05) is 0 Å². The Bertz CT molecular complexity index is 1120. The Balaban J connectivity index is 1.24. The number of rotatable bonds is 8. The van der Waals surface area contributed by atoms with Crippen molar-refractivity contribution in [2.24, 2.45) is 5.92 Å². The van der Waals surface area contributed by atoms with Crippen molar-refractivity contribution in [1.29, 1.82) is 0 Å². The van der Waals surface area contributed by atoms with Crippen LogP contribution in [0.25, 0.3) is 11.0 Å². The lowest BCUT2D eigenvalue weighted by Crippen LogP contribution is -2.32. The predicted molar refractivity (Wildman–Crippen MR) is 109 cm³/mol. The SMILES string of the molecule is O=C(O)Cn1nc2ccc(N3CCC(Oc4ccc(OCC5CC5)nc4)C3=O)cc2n1. The molecule has 1 aliphatic heterocycles. The fourth-order valence-corrected chi connectivity index (χ4v) is 3.50. The molecular formula is C21H21N5O5. The lowest BCUT2D eigenvalue weighted by Gasteiger charge is -2.17. The molecule has 1 saturated carbocycles. The second-order valence-electron chi connectivity index (χ2n) is 7.77. The molecule has 160 valence electrons. The zero-order valence-corrected chi connectivity index (χ0v) is 16.7. The average molecular weight is 423 g/mol. The number of amides is 1. The Morgan fingerprint density at radius 3 is 2.71 bits per heavy atom. The third-order valence-electron chi connectivity index (χ3n) is 5.30. The fourth-order valence-electron chi connectivity index (χ4n) is 3.50. The molecule has 1 atom stereocenters. The van der Waals surface area contributed by atoms with E-state index in [1.165, 1.54) is 12.8 Å². The van der Waals surface area contributed by atoms with E-state index < -0.39 is 12.1 Å². The second kappa shape index (κ2) is 7.86. The molecule has 10 nitrogen and oxygen atoms in total. The van der Waals surface area contributed by atoms with E-state index in [4.69, 9.17) is 14.6 Å². The monoisotopic (exact) mass is 423 g/mol. The van der Waals surface area contributed by atoms with Gasteiger partial charge in [0.25, 0.3) is 5.91 Å². The number of ether oxygens (including phenoxy) is 2. The number of hydrogen-bond acceptors (Lipinski definition) is 7. The van der Waals surface area contributed by atoms with Crippen molar-refractivity contribution in [3.05, 3.63) is 36.5 Å². The quantitative estimate of drug-likeness (QED) is 0.583. The van der Waals surface area contributed by atoms with E-state index in [1.807, 2.05) is 0 Å². The number of aliphatic carboxylic acids is 1. The Labute approximate surface area is 177 Å². The molecule has 1 N–H and O–H groups in total. The standard InChI is InChI=1S/C21H21N5O5/c27-20(28)11-26-23-16-5-3-14(9-17(16)24-26)25-8-7-18(21(25)29)31-15-4-6-19(22-10-15)30-12-13-1-2-13/h3-6,9-10,13,18H,1-2,7-8,11-12H2,(H,27,28). The highest BCUT2D eigenvalue weighted by Gasteiger charge is 2.34. The summed E-state index contributed by atoms with van der Waals surface area (Å²) in [7, 11) is 0. The van der Waals surface area contributed by atoms with Gasteiger partial charge >= 0.3 is 5.97 Å². The van der Waals surface area contributed by atoms with Gasteiger partial charge in [0.15, 0.2) is 12.6 Å². The number of carbonyl (C=O) groups excluding carboxylic acids is 1. The zero-order chi connectivity index (χ0) is 21.4. The normalized spacial score (nSPS) is 18.5. The first-order valence-electron chi connectivity index (χ1n) is 10.2. The molecule has 5 rings (SSSR count). The summed E-state index contributed by atoms with van der Waals surface area (Å²) in [6, 6.07) is 8.74. The van der Waals surface area contributed by atoms with Crippen LogP contribution in [-0.2, 0) is 16.1 Å². The summed E-state index contributed by atoms with van der Waals surface area (Å²) in [5, 5.41) is 17.2. The van der Waals surface area contributed by atoms with E-state index in [-0.39, 0.29) is 12.5 Å². The van der Waals surface area contributed by atoms with Crippen molar-refractivity contribution in [3.63, 3.8) is 0 Å². The van der Waals surface area contributed by atoms with Crippen molar-refractivity contribution in [3.8, 4) is 11.6 Å². The first-order valence-corrected chi connectivity index (χ1v) is 10.2. The molecular weight excluding hydrogens is 402 g/mol. The second-order valence-corrected chi connectivity index (χ2v) is 7.77. The van der Waals surface area contributed by atoms with Gasteiger partial charge in [-0.05, 0) is 43.0 Å². The topological polar surface area (TPSA) is 120 Å². The Kier molecular flexibility index (Phi) is 4.89. The molecule has 3 heterocycles.